The summed E-state index contributed by atoms with van der Waals surface area (Å²) in [6.45, 7) is 3.10. The molecule has 22 heavy (non-hydrogen) atoms. The summed E-state index contributed by atoms with van der Waals surface area (Å²) >= 11 is 0. The summed E-state index contributed by atoms with van der Waals surface area (Å²) in [5, 5.41) is 14.7. The van der Waals surface area contributed by atoms with Crippen LogP contribution in [0.3, 0.4) is 0 Å². The number of methoxy groups -OCH3 is 1. The molecule has 1 aliphatic heterocycles. The van der Waals surface area contributed by atoms with Crippen LogP contribution in [0.5, 0.6) is 0 Å². The van der Waals surface area contributed by atoms with E-state index in [1.165, 1.54) is 6.07 Å². The molecule has 0 saturated carbocycles. The Kier molecular flexibility index (Phi) is 3.76. The van der Waals surface area contributed by atoms with Crippen molar-refractivity contribution in [2.45, 2.75) is 26.0 Å². The third-order valence-electron chi connectivity index (χ3n) is 3.79. The molecule has 2 aromatic rings. The molecule has 0 bridgehead atoms. The third-order valence-corrected chi connectivity index (χ3v) is 3.79. The Morgan fingerprint density at radius 1 is 1.55 bits per heavy atom. The van der Waals surface area contributed by atoms with Crippen molar-refractivity contribution in [2.75, 3.05) is 18.6 Å². The van der Waals surface area contributed by atoms with Crippen molar-refractivity contribution in [1.29, 1.82) is 0 Å². The zero-order chi connectivity index (χ0) is 15.7. The van der Waals surface area contributed by atoms with E-state index in [0.29, 0.717) is 18.3 Å². The molecular weight excluding hydrogens is 288 g/mol. The zero-order valence-corrected chi connectivity index (χ0v) is 12.4. The number of nitro groups is 1. The van der Waals surface area contributed by atoms with E-state index in [-0.39, 0.29) is 16.7 Å². The second-order valence-electron chi connectivity index (χ2n) is 5.17. The number of rotatable bonds is 5. The van der Waals surface area contributed by atoms with Crippen LogP contribution in [-0.2, 0) is 17.7 Å². The molecule has 0 fully saturated rings. The van der Waals surface area contributed by atoms with Crippen molar-refractivity contribution >= 4 is 11.4 Å². The van der Waals surface area contributed by atoms with Gasteiger partial charge in [0.05, 0.1) is 11.5 Å². The number of benzene rings is 1. The maximum absolute atomic E-state index is 10.8. The maximum atomic E-state index is 10.8. The number of ether oxygens (including phenoxy) is 1. The van der Waals surface area contributed by atoms with E-state index in [1.807, 2.05) is 6.92 Å². The van der Waals surface area contributed by atoms with Gasteiger partial charge in [-0.15, -0.1) is 0 Å². The standard InChI is InChI=1S/C14H16N4O4/c1-9(21-2)14-15-13(22-16-14)8-17-6-5-10-7-11(18(19)20)3-4-12(10)17/h3-4,7,9H,5-6,8H2,1-2H3/t9-/m1/s1. The molecule has 0 unspecified atom stereocenters. The molecule has 116 valence electrons. The van der Waals surface area contributed by atoms with Crippen molar-refractivity contribution in [3.05, 3.63) is 45.6 Å². The molecule has 0 radical (unpaired) electrons. The predicted molar refractivity (Wildman–Crippen MR) is 77.6 cm³/mol. The summed E-state index contributed by atoms with van der Waals surface area (Å²) in [7, 11) is 1.59. The summed E-state index contributed by atoms with van der Waals surface area (Å²) in [5.41, 5.74) is 2.07. The largest absolute Gasteiger partial charge is 0.374 e. The molecule has 0 N–H and O–H groups in total. The van der Waals surface area contributed by atoms with Crippen LogP contribution in [0, 0.1) is 10.1 Å². The van der Waals surface area contributed by atoms with Crippen molar-refractivity contribution in [1.82, 2.24) is 10.1 Å². The molecule has 8 nitrogen and oxygen atoms in total. The third kappa shape index (κ3) is 2.64. The molecule has 3 rings (SSSR count). The number of hydrogen-bond acceptors (Lipinski definition) is 7. The van der Waals surface area contributed by atoms with Crippen molar-refractivity contribution in [2.24, 2.45) is 0 Å². The zero-order valence-electron chi connectivity index (χ0n) is 12.4. The van der Waals surface area contributed by atoms with Crippen LogP contribution in [0.2, 0.25) is 0 Å². The number of nitro benzene ring substituents is 1. The van der Waals surface area contributed by atoms with Crippen LogP contribution in [0.4, 0.5) is 11.4 Å². The fourth-order valence-corrected chi connectivity index (χ4v) is 2.50. The highest BCUT2D eigenvalue weighted by Gasteiger charge is 2.24. The summed E-state index contributed by atoms with van der Waals surface area (Å²) < 4.78 is 10.4. The van der Waals surface area contributed by atoms with Gasteiger partial charge in [-0.05, 0) is 25.0 Å². The first-order chi connectivity index (χ1) is 10.6. The highest BCUT2D eigenvalue weighted by Crippen LogP contribution is 2.32. The average Bonchev–Trinajstić information content (AvgIpc) is 3.14. The molecule has 1 aromatic carbocycles. The number of nitrogens with zero attached hydrogens (tertiary/aromatic N) is 4. The molecular formula is C14H16N4O4. The normalized spacial score (nSPS) is 14.9. The average molecular weight is 304 g/mol. The molecule has 1 aromatic heterocycles. The van der Waals surface area contributed by atoms with Crippen LogP contribution >= 0.6 is 0 Å². The van der Waals surface area contributed by atoms with Gasteiger partial charge in [0.25, 0.3) is 5.69 Å². The van der Waals surface area contributed by atoms with Crippen molar-refractivity contribution < 1.29 is 14.2 Å². The van der Waals surface area contributed by atoms with Gasteiger partial charge >= 0.3 is 0 Å². The minimum absolute atomic E-state index is 0.120. The lowest BCUT2D eigenvalue weighted by Gasteiger charge is -2.16. The van der Waals surface area contributed by atoms with Gasteiger partial charge in [-0.2, -0.15) is 4.98 Å². The van der Waals surface area contributed by atoms with E-state index in [1.54, 1.807) is 19.2 Å². The molecule has 0 saturated heterocycles. The summed E-state index contributed by atoms with van der Waals surface area (Å²) in [6.07, 6.45) is 0.554. The highest BCUT2D eigenvalue weighted by atomic mass is 16.6. The van der Waals surface area contributed by atoms with Crippen LogP contribution in [0.15, 0.2) is 22.7 Å². The number of anilines is 1. The minimum Gasteiger partial charge on any atom is -0.374 e. The number of aromatic nitrogens is 2. The SMILES string of the molecule is CO[C@H](C)c1noc(CN2CCc3cc([N+](=O)[O-])ccc32)n1. The Morgan fingerprint density at radius 2 is 2.36 bits per heavy atom. The smallest absolute Gasteiger partial charge is 0.269 e. The Morgan fingerprint density at radius 3 is 3.09 bits per heavy atom. The first-order valence-corrected chi connectivity index (χ1v) is 6.96. The number of non-ortho nitro benzene ring substituents is 1. The second-order valence-corrected chi connectivity index (χ2v) is 5.17. The van der Waals surface area contributed by atoms with E-state index in [9.17, 15) is 10.1 Å². The summed E-state index contributed by atoms with van der Waals surface area (Å²) in [5.74, 6) is 1.02. The van der Waals surface area contributed by atoms with E-state index in [4.69, 9.17) is 9.26 Å². The number of hydrogen-bond donors (Lipinski definition) is 0. The monoisotopic (exact) mass is 304 g/mol. The Bertz CT molecular complexity index is 700. The summed E-state index contributed by atoms with van der Waals surface area (Å²) in [4.78, 5) is 16.8. The fraction of sp³-hybridized carbons (Fsp3) is 0.429. The van der Waals surface area contributed by atoms with Gasteiger partial charge in [-0.1, -0.05) is 5.16 Å². The van der Waals surface area contributed by atoms with E-state index in [0.717, 1.165) is 24.2 Å². The van der Waals surface area contributed by atoms with E-state index < -0.39 is 0 Å². The molecule has 2 heterocycles. The topological polar surface area (TPSA) is 94.5 Å². The maximum Gasteiger partial charge on any atom is 0.269 e. The first kappa shape index (κ1) is 14.5. The lowest BCUT2D eigenvalue weighted by Crippen LogP contribution is -2.19. The molecule has 1 atom stereocenters. The van der Waals surface area contributed by atoms with Gasteiger partial charge in [-0.3, -0.25) is 10.1 Å². The van der Waals surface area contributed by atoms with Gasteiger partial charge in [0.2, 0.25) is 5.89 Å². The van der Waals surface area contributed by atoms with Crippen LogP contribution in [0.25, 0.3) is 0 Å². The van der Waals surface area contributed by atoms with Crippen molar-refractivity contribution in [3.8, 4) is 0 Å². The molecule has 8 heteroatoms. The molecule has 0 amide bonds. The van der Waals surface area contributed by atoms with E-state index >= 15 is 0 Å². The minimum atomic E-state index is -0.376. The van der Waals surface area contributed by atoms with Gasteiger partial charge in [0.15, 0.2) is 5.82 Å². The van der Waals surface area contributed by atoms with Crippen LogP contribution in [-0.4, -0.2) is 28.7 Å². The quantitative estimate of drug-likeness (QED) is 0.617. The van der Waals surface area contributed by atoms with Gasteiger partial charge < -0.3 is 14.2 Å². The first-order valence-electron chi connectivity index (χ1n) is 6.96. The number of fused-ring (bicyclic) bond motifs is 1. The molecule has 1 aliphatic rings. The van der Waals surface area contributed by atoms with Gasteiger partial charge in [-0.25, -0.2) is 0 Å². The highest BCUT2D eigenvalue weighted by molar-refractivity contribution is 5.61. The Labute approximate surface area is 126 Å². The Hall–Kier alpha value is -2.48. The Balaban J connectivity index is 1.76. The van der Waals surface area contributed by atoms with Gasteiger partial charge in [0.1, 0.15) is 6.10 Å². The van der Waals surface area contributed by atoms with Gasteiger partial charge in [0, 0.05) is 31.5 Å². The van der Waals surface area contributed by atoms with Crippen molar-refractivity contribution in [3.63, 3.8) is 0 Å². The summed E-state index contributed by atoms with van der Waals surface area (Å²) in [6, 6.07) is 4.92. The van der Waals surface area contributed by atoms with Crippen LogP contribution < -0.4 is 4.90 Å². The molecule has 0 aliphatic carbocycles. The second kappa shape index (κ2) is 5.72. The predicted octanol–water partition coefficient (Wildman–Crippen LogP) is 2.25. The van der Waals surface area contributed by atoms with E-state index in [2.05, 4.69) is 15.0 Å². The van der Waals surface area contributed by atoms with Crippen LogP contribution in [0.1, 0.15) is 30.3 Å². The fourth-order valence-electron chi connectivity index (χ4n) is 2.50. The molecule has 0 spiro atoms. The lowest BCUT2D eigenvalue weighted by atomic mass is 10.1. The lowest BCUT2D eigenvalue weighted by molar-refractivity contribution is -0.384.